The van der Waals surface area contributed by atoms with Gasteiger partial charge in [0.05, 0.1) is 12.5 Å². The SMILES string of the molecule is COc1ccccc1OCC(=O)Nc1cccc(NC(=O)C2(c3ccc(F)cc3)CCOCC2)c1. The molecule has 0 spiro atoms. The second-order valence-corrected chi connectivity index (χ2v) is 8.22. The number of rotatable bonds is 8. The average Bonchev–Trinajstić information content (AvgIpc) is 2.88. The third-order valence-corrected chi connectivity index (χ3v) is 6.01. The van der Waals surface area contributed by atoms with Gasteiger partial charge < -0.3 is 24.8 Å². The Labute approximate surface area is 203 Å². The third kappa shape index (κ3) is 5.78. The predicted octanol–water partition coefficient (Wildman–Crippen LogP) is 4.54. The number of ether oxygens (including phenoxy) is 3. The molecule has 0 bridgehead atoms. The van der Waals surface area contributed by atoms with Crippen molar-refractivity contribution >= 4 is 23.2 Å². The van der Waals surface area contributed by atoms with Crippen molar-refractivity contribution < 1.29 is 28.2 Å². The summed E-state index contributed by atoms with van der Waals surface area (Å²) >= 11 is 0. The van der Waals surface area contributed by atoms with E-state index in [1.54, 1.807) is 54.6 Å². The molecule has 2 N–H and O–H groups in total. The molecule has 0 aromatic heterocycles. The minimum Gasteiger partial charge on any atom is -0.493 e. The molecule has 4 rings (SSSR count). The number of carbonyl (C=O) groups is 2. The average molecular weight is 479 g/mol. The molecule has 1 aliphatic heterocycles. The highest BCUT2D eigenvalue weighted by molar-refractivity contribution is 6.00. The van der Waals surface area contributed by atoms with Gasteiger partial charge in [0.1, 0.15) is 5.82 Å². The summed E-state index contributed by atoms with van der Waals surface area (Å²) in [5.74, 6) is 0.0957. The Morgan fingerprint density at radius 1 is 0.914 bits per heavy atom. The zero-order valence-corrected chi connectivity index (χ0v) is 19.4. The normalized spacial score (nSPS) is 14.6. The smallest absolute Gasteiger partial charge is 0.262 e. The monoisotopic (exact) mass is 478 g/mol. The van der Waals surface area contributed by atoms with Crippen molar-refractivity contribution in [2.75, 3.05) is 37.6 Å². The molecule has 2 amide bonds. The number of para-hydroxylation sites is 2. The quantitative estimate of drug-likeness (QED) is 0.497. The molecule has 8 heteroatoms. The lowest BCUT2D eigenvalue weighted by atomic mass is 9.73. The van der Waals surface area contributed by atoms with E-state index in [-0.39, 0.29) is 24.2 Å². The fourth-order valence-corrected chi connectivity index (χ4v) is 4.14. The van der Waals surface area contributed by atoms with Crippen molar-refractivity contribution in [1.29, 1.82) is 0 Å². The van der Waals surface area contributed by atoms with Gasteiger partial charge in [0.15, 0.2) is 18.1 Å². The summed E-state index contributed by atoms with van der Waals surface area (Å²) in [6.07, 6.45) is 0.975. The summed E-state index contributed by atoms with van der Waals surface area (Å²) < 4.78 is 29.8. The second-order valence-electron chi connectivity index (χ2n) is 8.22. The number of methoxy groups -OCH3 is 1. The molecule has 1 saturated heterocycles. The maximum atomic E-state index is 13.5. The van der Waals surface area contributed by atoms with Crippen molar-refractivity contribution in [3.05, 3.63) is 84.2 Å². The van der Waals surface area contributed by atoms with Gasteiger partial charge in [0, 0.05) is 24.6 Å². The Morgan fingerprint density at radius 2 is 1.57 bits per heavy atom. The van der Waals surface area contributed by atoms with E-state index in [2.05, 4.69) is 10.6 Å². The standard InChI is InChI=1S/C27H27FN2O5/c1-33-23-7-2-3-8-24(23)35-18-25(31)29-21-5-4-6-22(17-21)30-26(32)27(13-15-34-16-14-27)19-9-11-20(28)12-10-19/h2-12,17H,13-16,18H2,1H3,(H,29,31)(H,30,32). The van der Waals surface area contributed by atoms with E-state index < -0.39 is 5.41 Å². The molecule has 1 aliphatic rings. The van der Waals surface area contributed by atoms with Crippen LogP contribution in [0.1, 0.15) is 18.4 Å². The van der Waals surface area contributed by atoms with Gasteiger partial charge in [-0.25, -0.2) is 4.39 Å². The van der Waals surface area contributed by atoms with Gasteiger partial charge in [-0.2, -0.15) is 0 Å². The Hall–Kier alpha value is -3.91. The number of halogens is 1. The Bertz CT molecular complexity index is 1180. The van der Waals surface area contributed by atoms with Gasteiger partial charge in [-0.3, -0.25) is 9.59 Å². The van der Waals surface area contributed by atoms with Crippen LogP contribution in [0.2, 0.25) is 0 Å². The van der Waals surface area contributed by atoms with Gasteiger partial charge in [-0.15, -0.1) is 0 Å². The molecule has 1 fully saturated rings. The summed E-state index contributed by atoms with van der Waals surface area (Å²) in [6, 6.07) is 20.0. The van der Waals surface area contributed by atoms with Crippen LogP contribution in [-0.4, -0.2) is 38.7 Å². The van der Waals surface area contributed by atoms with Crippen LogP contribution in [0.3, 0.4) is 0 Å². The van der Waals surface area contributed by atoms with Crippen LogP contribution in [0.25, 0.3) is 0 Å². The van der Waals surface area contributed by atoms with Crippen LogP contribution in [0.4, 0.5) is 15.8 Å². The number of amides is 2. The first-order valence-corrected chi connectivity index (χ1v) is 11.3. The lowest BCUT2D eigenvalue weighted by molar-refractivity contribution is -0.125. The summed E-state index contributed by atoms with van der Waals surface area (Å²) in [4.78, 5) is 25.9. The zero-order valence-electron chi connectivity index (χ0n) is 19.4. The summed E-state index contributed by atoms with van der Waals surface area (Å²) in [5.41, 5.74) is 0.969. The molecule has 0 atom stereocenters. The molecular weight excluding hydrogens is 451 g/mol. The number of carbonyl (C=O) groups excluding carboxylic acids is 2. The Balaban J connectivity index is 1.43. The van der Waals surface area contributed by atoms with Gasteiger partial charge in [-0.05, 0) is 60.9 Å². The second kappa shape index (κ2) is 11.0. The fraction of sp³-hybridized carbons (Fsp3) is 0.259. The lowest BCUT2D eigenvalue weighted by Gasteiger charge is -2.36. The van der Waals surface area contributed by atoms with Gasteiger partial charge in [0.2, 0.25) is 5.91 Å². The van der Waals surface area contributed by atoms with Crippen LogP contribution >= 0.6 is 0 Å². The van der Waals surface area contributed by atoms with Crippen LogP contribution in [0, 0.1) is 5.82 Å². The minimum absolute atomic E-state index is 0.199. The minimum atomic E-state index is -0.826. The van der Waals surface area contributed by atoms with Crippen LogP contribution < -0.4 is 20.1 Å². The summed E-state index contributed by atoms with van der Waals surface area (Å²) in [5, 5.41) is 5.74. The predicted molar refractivity (Wildman–Crippen MR) is 130 cm³/mol. The molecule has 3 aromatic rings. The molecule has 7 nitrogen and oxygen atoms in total. The van der Waals surface area contributed by atoms with Crippen LogP contribution in [0.15, 0.2) is 72.8 Å². The zero-order chi connectivity index (χ0) is 24.7. The largest absolute Gasteiger partial charge is 0.493 e. The molecule has 182 valence electrons. The third-order valence-electron chi connectivity index (χ3n) is 6.01. The number of nitrogens with one attached hydrogen (secondary N) is 2. The molecule has 35 heavy (non-hydrogen) atoms. The fourth-order valence-electron chi connectivity index (χ4n) is 4.14. The first kappa shape index (κ1) is 24.2. The van der Waals surface area contributed by atoms with Crippen molar-refractivity contribution in [1.82, 2.24) is 0 Å². The highest BCUT2D eigenvalue weighted by Gasteiger charge is 2.41. The molecule has 3 aromatic carbocycles. The molecular formula is C27H27FN2O5. The van der Waals surface area contributed by atoms with Crippen LogP contribution in [0.5, 0.6) is 11.5 Å². The van der Waals surface area contributed by atoms with Crippen molar-refractivity contribution in [3.8, 4) is 11.5 Å². The molecule has 1 heterocycles. The number of hydrogen-bond acceptors (Lipinski definition) is 5. The highest BCUT2D eigenvalue weighted by atomic mass is 19.1. The number of anilines is 2. The topological polar surface area (TPSA) is 85.9 Å². The van der Waals surface area contributed by atoms with E-state index in [1.807, 2.05) is 6.07 Å². The van der Waals surface area contributed by atoms with Gasteiger partial charge in [-0.1, -0.05) is 30.3 Å². The van der Waals surface area contributed by atoms with Gasteiger partial charge >= 0.3 is 0 Å². The maximum absolute atomic E-state index is 13.5. The molecule has 0 radical (unpaired) electrons. The van der Waals surface area contributed by atoms with Crippen molar-refractivity contribution in [2.24, 2.45) is 0 Å². The molecule has 0 saturated carbocycles. The van der Waals surface area contributed by atoms with E-state index >= 15 is 0 Å². The molecule has 0 aliphatic carbocycles. The summed E-state index contributed by atoms with van der Waals surface area (Å²) in [7, 11) is 1.53. The lowest BCUT2D eigenvalue weighted by Crippen LogP contribution is -2.44. The van der Waals surface area contributed by atoms with Crippen molar-refractivity contribution in [2.45, 2.75) is 18.3 Å². The molecule has 0 unspecified atom stereocenters. The van der Waals surface area contributed by atoms with E-state index in [1.165, 1.54) is 19.2 Å². The first-order valence-electron chi connectivity index (χ1n) is 11.3. The Kier molecular flexibility index (Phi) is 7.62. The summed E-state index contributed by atoms with van der Waals surface area (Å²) in [6.45, 7) is 0.671. The number of benzene rings is 3. The van der Waals surface area contributed by atoms with Crippen LogP contribution in [-0.2, 0) is 19.7 Å². The van der Waals surface area contributed by atoms with Gasteiger partial charge in [0.25, 0.3) is 5.91 Å². The van der Waals surface area contributed by atoms with E-state index in [0.29, 0.717) is 48.9 Å². The maximum Gasteiger partial charge on any atom is 0.262 e. The van der Waals surface area contributed by atoms with Crippen molar-refractivity contribution in [3.63, 3.8) is 0 Å². The number of hydrogen-bond donors (Lipinski definition) is 2. The Morgan fingerprint density at radius 3 is 2.26 bits per heavy atom. The van der Waals surface area contributed by atoms with E-state index in [4.69, 9.17) is 14.2 Å². The first-order chi connectivity index (χ1) is 17.0. The van der Waals surface area contributed by atoms with E-state index in [9.17, 15) is 14.0 Å². The van der Waals surface area contributed by atoms with E-state index in [0.717, 1.165) is 5.56 Å². The highest BCUT2D eigenvalue weighted by Crippen LogP contribution is 2.36.